The second-order valence-electron chi connectivity index (χ2n) is 3.73. The van der Waals surface area contributed by atoms with Gasteiger partial charge in [-0.25, -0.2) is 0 Å². The number of anilines is 1. The molecule has 2 aromatic rings. The lowest BCUT2D eigenvalue weighted by Crippen LogP contribution is -2.05. The van der Waals surface area contributed by atoms with E-state index in [1.165, 1.54) is 16.1 Å². The van der Waals surface area contributed by atoms with E-state index >= 15 is 0 Å². The zero-order valence-corrected chi connectivity index (χ0v) is 10.7. The first kappa shape index (κ1) is 12.0. The number of nitrogens with one attached hydrogen (secondary N) is 1. The van der Waals surface area contributed by atoms with Gasteiger partial charge in [-0.1, -0.05) is 12.1 Å². The highest BCUT2D eigenvalue weighted by atomic mass is 32.2. The summed E-state index contributed by atoms with van der Waals surface area (Å²) in [5.74, 6) is 0. The summed E-state index contributed by atoms with van der Waals surface area (Å²) in [4.78, 5) is 5.31. The predicted molar refractivity (Wildman–Crippen MR) is 74.7 cm³/mol. The van der Waals surface area contributed by atoms with Crippen LogP contribution in [0.15, 0.2) is 53.7 Å². The Balaban J connectivity index is 1.90. The van der Waals surface area contributed by atoms with Crippen molar-refractivity contribution in [3.8, 4) is 0 Å². The van der Waals surface area contributed by atoms with Gasteiger partial charge >= 0.3 is 0 Å². The van der Waals surface area contributed by atoms with E-state index in [9.17, 15) is 0 Å². The Bertz CT molecular complexity index is 457. The minimum absolute atomic E-state index is 0.946. The maximum Gasteiger partial charge on any atom is 0.0478 e. The average molecular weight is 244 g/mol. The van der Waals surface area contributed by atoms with E-state index in [0.29, 0.717) is 0 Å². The predicted octanol–water partition coefficient (Wildman–Crippen LogP) is 3.46. The molecule has 3 heteroatoms. The van der Waals surface area contributed by atoms with Crippen molar-refractivity contribution in [2.24, 2.45) is 0 Å². The van der Waals surface area contributed by atoms with Crippen molar-refractivity contribution in [1.82, 2.24) is 4.98 Å². The Kier molecular flexibility index (Phi) is 4.45. The van der Waals surface area contributed by atoms with Crippen molar-refractivity contribution in [2.45, 2.75) is 11.3 Å². The van der Waals surface area contributed by atoms with Crippen LogP contribution in [0.5, 0.6) is 0 Å². The van der Waals surface area contributed by atoms with Gasteiger partial charge in [-0.3, -0.25) is 4.98 Å². The number of rotatable bonds is 5. The molecule has 0 bridgehead atoms. The molecule has 0 saturated carbocycles. The molecule has 0 radical (unpaired) electrons. The third-order valence-corrected chi connectivity index (χ3v) is 3.38. The van der Waals surface area contributed by atoms with E-state index < -0.39 is 0 Å². The first-order valence-corrected chi connectivity index (χ1v) is 6.88. The molecule has 0 atom stereocenters. The molecule has 0 aliphatic heterocycles. The fourth-order valence-electron chi connectivity index (χ4n) is 1.68. The van der Waals surface area contributed by atoms with Gasteiger partial charge in [-0.05, 0) is 42.5 Å². The molecule has 2 rings (SSSR count). The molecule has 1 aromatic heterocycles. The second kappa shape index (κ2) is 6.30. The maximum atomic E-state index is 4.02. The van der Waals surface area contributed by atoms with E-state index in [-0.39, 0.29) is 0 Å². The van der Waals surface area contributed by atoms with Crippen molar-refractivity contribution in [2.75, 3.05) is 18.1 Å². The lowest BCUT2D eigenvalue weighted by molar-refractivity contribution is 1.01. The summed E-state index contributed by atoms with van der Waals surface area (Å²) in [6, 6.07) is 12.5. The quantitative estimate of drug-likeness (QED) is 0.815. The lowest BCUT2D eigenvalue weighted by atomic mass is 10.2. The minimum atomic E-state index is 0.946. The fraction of sp³-hybridized carbons (Fsp3) is 0.214. The summed E-state index contributed by atoms with van der Waals surface area (Å²) in [6.45, 7) is 0.946. The van der Waals surface area contributed by atoms with Gasteiger partial charge in [0.25, 0.3) is 0 Å². The first-order chi connectivity index (χ1) is 8.40. The molecule has 0 spiro atoms. The molecular weight excluding hydrogens is 228 g/mol. The number of para-hydroxylation sites is 1. The summed E-state index contributed by atoms with van der Waals surface area (Å²) in [5, 5.41) is 3.47. The van der Waals surface area contributed by atoms with Crippen LogP contribution in [-0.4, -0.2) is 17.8 Å². The molecule has 1 aromatic carbocycles. The van der Waals surface area contributed by atoms with Gasteiger partial charge < -0.3 is 5.32 Å². The Morgan fingerprint density at radius 1 is 1.12 bits per heavy atom. The number of aromatic nitrogens is 1. The van der Waals surface area contributed by atoms with Gasteiger partial charge in [0.1, 0.15) is 0 Å². The van der Waals surface area contributed by atoms with Crippen molar-refractivity contribution in [1.29, 1.82) is 0 Å². The summed E-state index contributed by atoms with van der Waals surface area (Å²) >= 11 is 1.77. The van der Waals surface area contributed by atoms with E-state index in [1.54, 1.807) is 11.8 Å². The summed E-state index contributed by atoms with van der Waals surface area (Å²) in [6.07, 6.45) is 6.80. The molecule has 0 aliphatic rings. The first-order valence-electron chi connectivity index (χ1n) is 5.66. The smallest absolute Gasteiger partial charge is 0.0478 e. The van der Waals surface area contributed by atoms with E-state index in [0.717, 1.165) is 13.0 Å². The van der Waals surface area contributed by atoms with Crippen LogP contribution in [0.2, 0.25) is 0 Å². The van der Waals surface area contributed by atoms with Crippen LogP contribution in [0.4, 0.5) is 5.69 Å². The lowest BCUT2D eigenvalue weighted by Gasteiger charge is -2.10. The van der Waals surface area contributed by atoms with Crippen molar-refractivity contribution >= 4 is 17.4 Å². The molecule has 0 unspecified atom stereocenters. The summed E-state index contributed by atoms with van der Waals surface area (Å²) in [5.41, 5.74) is 2.53. The van der Waals surface area contributed by atoms with Crippen molar-refractivity contribution in [3.05, 3.63) is 54.4 Å². The van der Waals surface area contributed by atoms with Crippen LogP contribution < -0.4 is 5.32 Å². The van der Waals surface area contributed by atoms with Gasteiger partial charge in [-0.2, -0.15) is 0 Å². The molecule has 88 valence electrons. The third kappa shape index (κ3) is 3.49. The van der Waals surface area contributed by atoms with Crippen LogP contribution in [-0.2, 0) is 6.42 Å². The van der Waals surface area contributed by atoms with E-state index in [4.69, 9.17) is 0 Å². The third-order valence-electron chi connectivity index (χ3n) is 2.59. The van der Waals surface area contributed by atoms with Crippen molar-refractivity contribution < 1.29 is 0 Å². The number of thioether (sulfide) groups is 1. The number of pyridine rings is 1. The van der Waals surface area contributed by atoms with Crippen LogP contribution in [0, 0.1) is 0 Å². The fourth-order valence-corrected chi connectivity index (χ4v) is 2.26. The molecule has 1 heterocycles. The Morgan fingerprint density at radius 2 is 1.88 bits per heavy atom. The SMILES string of the molecule is CSc1ccccc1NCCc1ccncc1. The van der Waals surface area contributed by atoms with E-state index in [2.05, 4.69) is 53.0 Å². The highest BCUT2D eigenvalue weighted by molar-refractivity contribution is 7.98. The van der Waals surface area contributed by atoms with Crippen LogP contribution in [0.3, 0.4) is 0 Å². The monoisotopic (exact) mass is 244 g/mol. The molecule has 2 nitrogen and oxygen atoms in total. The molecule has 1 N–H and O–H groups in total. The zero-order valence-electron chi connectivity index (χ0n) is 9.89. The van der Waals surface area contributed by atoms with Gasteiger partial charge in [0.05, 0.1) is 0 Å². The van der Waals surface area contributed by atoms with Gasteiger partial charge in [0.15, 0.2) is 0 Å². The standard InChI is InChI=1S/C14H16N2S/c1-17-14-5-3-2-4-13(14)16-11-8-12-6-9-15-10-7-12/h2-7,9-10,16H,8,11H2,1H3. The average Bonchev–Trinajstić information content (AvgIpc) is 2.40. The highest BCUT2D eigenvalue weighted by Crippen LogP contribution is 2.24. The zero-order chi connectivity index (χ0) is 11.9. The highest BCUT2D eigenvalue weighted by Gasteiger charge is 1.99. The molecule has 0 fully saturated rings. The largest absolute Gasteiger partial charge is 0.384 e. The number of nitrogens with zero attached hydrogens (tertiary/aromatic N) is 1. The second-order valence-corrected chi connectivity index (χ2v) is 4.58. The molecule has 17 heavy (non-hydrogen) atoms. The Labute approximate surface area is 106 Å². The summed E-state index contributed by atoms with van der Waals surface area (Å²) < 4.78 is 0. The van der Waals surface area contributed by atoms with Crippen molar-refractivity contribution in [3.63, 3.8) is 0 Å². The molecule has 0 aliphatic carbocycles. The molecule has 0 amide bonds. The van der Waals surface area contributed by atoms with Crippen LogP contribution in [0.1, 0.15) is 5.56 Å². The normalized spacial score (nSPS) is 10.2. The Hall–Kier alpha value is -1.48. The topological polar surface area (TPSA) is 24.9 Å². The van der Waals surface area contributed by atoms with Gasteiger partial charge in [0.2, 0.25) is 0 Å². The number of hydrogen-bond donors (Lipinski definition) is 1. The minimum Gasteiger partial charge on any atom is -0.384 e. The Morgan fingerprint density at radius 3 is 2.65 bits per heavy atom. The van der Waals surface area contributed by atoms with Crippen LogP contribution in [0.25, 0.3) is 0 Å². The summed E-state index contributed by atoms with van der Waals surface area (Å²) in [7, 11) is 0. The number of hydrogen-bond acceptors (Lipinski definition) is 3. The number of benzene rings is 1. The van der Waals surface area contributed by atoms with Crippen LogP contribution >= 0.6 is 11.8 Å². The van der Waals surface area contributed by atoms with E-state index in [1.807, 2.05) is 12.4 Å². The molecule has 0 saturated heterocycles. The van der Waals surface area contributed by atoms with Gasteiger partial charge in [-0.15, -0.1) is 11.8 Å². The van der Waals surface area contributed by atoms with Gasteiger partial charge in [0, 0.05) is 29.5 Å². The maximum absolute atomic E-state index is 4.02. The molecular formula is C14H16N2S.